The minimum absolute atomic E-state index is 0.135. The molecule has 4 heteroatoms. The molecule has 14 heavy (non-hydrogen) atoms. The van der Waals surface area contributed by atoms with E-state index in [0.29, 0.717) is 10.0 Å². The molecule has 0 saturated heterocycles. The van der Waals surface area contributed by atoms with Gasteiger partial charge < -0.3 is 0 Å². The highest BCUT2D eigenvalue weighted by Gasteiger charge is 2.03. The van der Waals surface area contributed by atoms with E-state index in [2.05, 4.69) is 0 Å². The SMILES string of the molecule is CC(CCc1ccc(Cl)c(Cl)c1)NF. The van der Waals surface area contributed by atoms with Crippen LogP contribution in [-0.4, -0.2) is 6.04 Å². The second-order valence-corrected chi connectivity index (χ2v) is 4.11. The molecule has 0 aliphatic rings. The zero-order chi connectivity index (χ0) is 10.6. The second kappa shape index (κ2) is 5.54. The molecular formula is C10H12Cl2FN. The van der Waals surface area contributed by atoms with E-state index < -0.39 is 0 Å². The van der Waals surface area contributed by atoms with Gasteiger partial charge >= 0.3 is 0 Å². The highest BCUT2D eigenvalue weighted by Crippen LogP contribution is 2.23. The Morgan fingerprint density at radius 1 is 1.36 bits per heavy atom. The van der Waals surface area contributed by atoms with Crippen LogP contribution in [0.5, 0.6) is 0 Å². The summed E-state index contributed by atoms with van der Waals surface area (Å²) in [5.74, 6) is 0. The number of hydrogen-bond donors (Lipinski definition) is 1. The van der Waals surface area contributed by atoms with Crippen LogP contribution < -0.4 is 5.54 Å². The normalized spacial score (nSPS) is 12.9. The highest BCUT2D eigenvalue weighted by molar-refractivity contribution is 6.42. The fraction of sp³-hybridized carbons (Fsp3) is 0.400. The summed E-state index contributed by atoms with van der Waals surface area (Å²) in [4.78, 5) is 0. The summed E-state index contributed by atoms with van der Waals surface area (Å²) in [6, 6.07) is 5.34. The third-order valence-corrected chi connectivity index (χ3v) is 2.78. The van der Waals surface area contributed by atoms with Gasteiger partial charge in [-0.05, 0) is 37.5 Å². The number of hydrogen-bond acceptors (Lipinski definition) is 1. The third-order valence-electron chi connectivity index (χ3n) is 2.04. The molecule has 0 aliphatic carbocycles. The standard InChI is InChI=1S/C10H12Cl2FN/c1-7(14-13)2-3-8-4-5-9(11)10(12)6-8/h4-7,14H,2-3H2,1H3. The molecule has 1 aromatic rings. The summed E-state index contributed by atoms with van der Waals surface area (Å²) in [5.41, 5.74) is 2.77. The Bertz CT molecular complexity index is 304. The quantitative estimate of drug-likeness (QED) is 0.784. The Balaban J connectivity index is 2.55. The predicted molar refractivity (Wildman–Crippen MR) is 58.5 cm³/mol. The molecule has 0 heterocycles. The van der Waals surface area contributed by atoms with Crippen molar-refractivity contribution in [1.82, 2.24) is 5.54 Å². The summed E-state index contributed by atoms with van der Waals surface area (Å²) in [6.07, 6.45) is 1.52. The summed E-state index contributed by atoms with van der Waals surface area (Å²) < 4.78 is 11.9. The molecule has 1 unspecified atom stereocenters. The van der Waals surface area contributed by atoms with Crippen LogP contribution in [-0.2, 0) is 6.42 Å². The van der Waals surface area contributed by atoms with Crippen molar-refractivity contribution in [2.24, 2.45) is 0 Å². The molecule has 1 atom stereocenters. The molecule has 0 bridgehead atoms. The molecule has 1 rings (SSSR count). The van der Waals surface area contributed by atoms with Crippen LogP contribution in [0.25, 0.3) is 0 Å². The van der Waals surface area contributed by atoms with Crippen molar-refractivity contribution < 1.29 is 4.48 Å². The third kappa shape index (κ3) is 3.45. The van der Waals surface area contributed by atoms with Crippen LogP contribution in [0.4, 0.5) is 4.48 Å². The van der Waals surface area contributed by atoms with Gasteiger partial charge in [-0.2, -0.15) is 5.54 Å². The Kier molecular flexibility index (Phi) is 4.66. The molecular weight excluding hydrogens is 224 g/mol. The lowest BCUT2D eigenvalue weighted by molar-refractivity contribution is 0.273. The first-order valence-electron chi connectivity index (χ1n) is 4.43. The van der Waals surface area contributed by atoms with Crippen molar-refractivity contribution in [2.75, 3.05) is 0 Å². The van der Waals surface area contributed by atoms with Gasteiger partial charge in [0.25, 0.3) is 0 Å². The van der Waals surface area contributed by atoms with Crippen LogP contribution >= 0.6 is 23.2 Å². The van der Waals surface area contributed by atoms with Gasteiger partial charge in [0.2, 0.25) is 0 Å². The predicted octanol–water partition coefficient (Wildman–Crippen LogP) is 3.79. The van der Waals surface area contributed by atoms with E-state index in [1.165, 1.54) is 0 Å². The fourth-order valence-electron chi connectivity index (χ4n) is 1.13. The lowest BCUT2D eigenvalue weighted by Crippen LogP contribution is -2.17. The lowest BCUT2D eigenvalue weighted by Gasteiger charge is -2.07. The second-order valence-electron chi connectivity index (χ2n) is 3.30. The van der Waals surface area contributed by atoms with Gasteiger partial charge in [0.1, 0.15) is 0 Å². The maximum Gasteiger partial charge on any atom is 0.0595 e. The van der Waals surface area contributed by atoms with Crippen LogP contribution in [0, 0.1) is 0 Å². The van der Waals surface area contributed by atoms with E-state index in [-0.39, 0.29) is 6.04 Å². The van der Waals surface area contributed by atoms with Crippen molar-refractivity contribution in [3.63, 3.8) is 0 Å². The molecule has 1 nitrogen and oxygen atoms in total. The molecule has 0 spiro atoms. The van der Waals surface area contributed by atoms with Gasteiger partial charge in [0, 0.05) is 6.04 Å². The Morgan fingerprint density at radius 3 is 2.64 bits per heavy atom. The Morgan fingerprint density at radius 2 is 2.07 bits per heavy atom. The Labute approximate surface area is 93.1 Å². The van der Waals surface area contributed by atoms with E-state index in [1.54, 1.807) is 18.5 Å². The van der Waals surface area contributed by atoms with Crippen LogP contribution in [0.15, 0.2) is 18.2 Å². The van der Waals surface area contributed by atoms with Crippen molar-refractivity contribution in [1.29, 1.82) is 0 Å². The van der Waals surface area contributed by atoms with Gasteiger partial charge in [0.05, 0.1) is 10.0 Å². The first-order chi connectivity index (χ1) is 6.63. The van der Waals surface area contributed by atoms with E-state index in [0.717, 1.165) is 18.4 Å². The van der Waals surface area contributed by atoms with Gasteiger partial charge in [-0.15, -0.1) is 4.48 Å². The average molecular weight is 236 g/mol. The van der Waals surface area contributed by atoms with Crippen molar-refractivity contribution >= 4 is 23.2 Å². The smallest absolute Gasteiger partial charge is 0.0595 e. The van der Waals surface area contributed by atoms with Gasteiger partial charge in [-0.1, -0.05) is 29.3 Å². The summed E-state index contributed by atoms with van der Waals surface area (Å²) in [6.45, 7) is 1.79. The zero-order valence-corrected chi connectivity index (χ0v) is 9.37. The first-order valence-corrected chi connectivity index (χ1v) is 5.19. The largest absolute Gasteiger partial charge is 0.157 e. The molecule has 1 N–H and O–H groups in total. The van der Waals surface area contributed by atoms with E-state index in [9.17, 15) is 4.48 Å². The number of halogens is 3. The number of rotatable bonds is 4. The van der Waals surface area contributed by atoms with Crippen LogP contribution in [0.2, 0.25) is 10.0 Å². The van der Waals surface area contributed by atoms with Crippen LogP contribution in [0.3, 0.4) is 0 Å². The first kappa shape index (κ1) is 11.8. The summed E-state index contributed by atoms with van der Waals surface area (Å²) in [7, 11) is 0. The molecule has 0 aliphatic heterocycles. The van der Waals surface area contributed by atoms with Gasteiger partial charge in [-0.3, -0.25) is 0 Å². The van der Waals surface area contributed by atoms with E-state index in [4.69, 9.17) is 23.2 Å². The van der Waals surface area contributed by atoms with Crippen molar-refractivity contribution in [3.05, 3.63) is 33.8 Å². The van der Waals surface area contributed by atoms with Gasteiger partial charge in [-0.25, -0.2) is 0 Å². The maximum atomic E-state index is 11.9. The number of benzene rings is 1. The molecule has 0 amide bonds. The molecule has 0 saturated carbocycles. The van der Waals surface area contributed by atoms with Gasteiger partial charge in [0.15, 0.2) is 0 Å². The minimum atomic E-state index is -0.135. The van der Waals surface area contributed by atoms with E-state index in [1.807, 2.05) is 12.1 Å². The van der Waals surface area contributed by atoms with E-state index >= 15 is 0 Å². The molecule has 0 aromatic heterocycles. The minimum Gasteiger partial charge on any atom is -0.157 e. The average Bonchev–Trinajstić information content (AvgIpc) is 2.19. The molecule has 0 radical (unpaired) electrons. The fourth-order valence-corrected chi connectivity index (χ4v) is 1.45. The molecule has 0 fully saturated rings. The Hall–Kier alpha value is -0.310. The molecule has 78 valence electrons. The highest BCUT2D eigenvalue weighted by atomic mass is 35.5. The number of aryl methyl sites for hydroxylation is 1. The zero-order valence-electron chi connectivity index (χ0n) is 7.86. The number of nitrogens with one attached hydrogen (secondary N) is 1. The topological polar surface area (TPSA) is 12.0 Å². The monoisotopic (exact) mass is 235 g/mol. The lowest BCUT2D eigenvalue weighted by atomic mass is 10.1. The summed E-state index contributed by atoms with van der Waals surface area (Å²) >= 11 is 11.6. The molecule has 1 aromatic carbocycles. The van der Waals surface area contributed by atoms with Crippen molar-refractivity contribution in [2.45, 2.75) is 25.8 Å². The summed E-state index contributed by atoms with van der Waals surface area (Å²) in [5, 5.41) is 1.09. The maximum absolute atomic E-state index is 11.9. The van der Waals surface area contributed by atoms with Crippen LogP contribution in [0.1, 0.15) is 18.9 Å². The van der Waals surface area contributed by atoms with Crippen molar-refractivity contribution in [3.8, 4) is 0 Å².